The molecule has 2 aromatic rings. The van der Waals surface area contributed by atoms with Gasteiger partial charge in [0.1, 0.15) is 0 Å². The number of aromatic amines is 1. The number of H-pyrrole nitrogens is 1. The first-order chi connectivity index (χ1) is 8.36. The van der Waals surface area contributed by atoms with Crippen LogP contribution in [0.3, 0.4) is 0 Å². The molecule has 0 radical (unpaired) electrons. The summed E-state index contributed by atoms with van der Waals surface area (Å²) in [5, 5.41) is 2.66. The molecule has 0 atom stereocenters. The fraction of sp³-hybridized carbons (Fsp3) is 0.231. The lowest BCUT2D eigenvalue weighted by atomic mass is 10.2. The van der Waals surface area contributed by atoms with Gasteiger partial charge in [0.15, 0.2) is 0 Å². The maximum absolute atomic E-state index is 11.7. The molecule has 0 fully saturated rings. The molecule has 4 heteroatoms. The van der Waals surface area contributed by atoms with Crippen molar-refractivity contribution in [1.29, 1.82) is 0 Å². The number of allylic oxidation sites excluding steroid dienone is 2. The van der Waals surface area contributed by atoms with Crippen LogP contribution >= 0.6 is 0 Å². The molecule has 3 rings (SSSR count). The fourth-order valence-corrected chi connectivity index (χ4v) is 2.19. The quantitative estimate of drug-likeness (QED) is 0.798. The molecule has 1 aliphatic carbocycles. The van der Waals surface area contributed by atoms with Gasteiger partial charge >= 0.3 is 11.3 Å². The molecule has 0 saturated carbocycles. The molecule has 0 unspecified atom stereocenters. The SMILES string of the molecule is O=c1o[nH][n+](-c2ccccc2)c1C1=CCCC1. The number of aromatic nitrogens is 2. The Balaban J connectivity index is 2.16. The molecule has 1 aliphatic rings. The second-order valence-corrected chi connectivity index (χ2v) is 4.12. The molecule has 1 heterocycles. The minimum absolute atomic E-state index is 0.304. The first-order valence-electron chi connectivity index (χ1n) is 5.74. The van der Waals surface area contributed by atoms with Crippen LogP contribution in [0.1, 0.15) is 25.0 Å². The Kier molecular flexibility index (Phi) is 2.40. The predicted octanol–water partition coefficient (Wildman–Crippen LogP) is 1.81. The number of nitrogens with one attached hydrogen (secondary N) is 1. The summed E-state index contributed by atoms with van der Waals surface area (Å²) in [5.74, 6) is 0. The summed E-state index contributed by atoms with van der Waals surface area (Å²) in [6.07, 6.45) is 5.19. The van der Waals surface area contributed by atoms with Gasteiger partial charge < -0.3 is 0 Å². The fourth-order valence-electron chi connectivity index (χ4n) is 2.19. The Hall–Kier alpha value is -2.10. The van der Waals surface area contributed by atoms with Gasteiger partial charge in [-0.25, -0.2) is 4.79 Å². The first kappa shape index (κ1) is 10.1. The number of para-hydroxylation sites is 1. The molecule has 1 aromatic carbocycles. The van der Waals surface area contributed by atoms with E-state index >= 15 is 0 Å². The van der Waals surface area contributed by atoms with Crippen molar-refractivity contribution in [2.24, 2.45) is 0 Å². The molecule has 4 nitrogen and oxygen atoms in total. The zero-order valence-corrected chi connectivity index (χ0v) is 9.35. The molecular formula is C13H13N2O2+. The molecule has 0 spiro atoms. The van der Waals surface area contributed by atoms with Crippen molar-refractivity contribution in [2.45, 2.75) is 19.3 Å². The van der Waals surface area contributed by atoms with Gasteiger partial charge in [0.2, 0.25) is 5.69 Å². The van der Waals surface area contributed by atoms with E-state index in [1.165, 1.54) is 0 Å². The van der Waals surface area contributed by atoms with Gasteiger partial charge in [0, 0.05) is 17.7 Å². The highest BCUT2D eigenvalue weighted by Gasteiger charge is 2.27. The zero-order chi connectivity index (χ0) is 11.7. The molecule has 0 bridgehead atoms. The van der Waals surface area contributed by atoms with E-state index in [-0.39, 0.29) is 5.63 Å². The molecule has 0 saturated heterocycles. The Morgan fingerprint density at radius 1 is 1.24 bits per heavy atom. The third-order valence-electron chi connectivity index (χ3n) is 3.01. The van der Waals surface area contributed by atoms with E-state index in [1.807, 2.05) is 30.3 Å². The van der Waals surface area contributed by atoms with Crippen LogP contribution in [-0.2, 0) is 0 Å². The normalized spacial score (nSPS) is 14.9. The monoisotopic (exact) mass is 229 g/mol. The van der Waals surface area contributed by atoms with E-state index < -0.39 is 0 Å². The van der Waals surface area contributed by atoms with Gasteiger partial charge in [0.05, 0.1) is 0 Å². The van der Waals surface area contributed by atoms with Crippen molar-refractivity contribution < 1.29 is 9.20 Å². The van der Waals surface area contributed by atoms with E-state index in [2.05, 4.69) is 11.3 Å². The van der Waals surface area contributed by atoms with Gasteiger partial charge in [-0.3, -0.25) is 4.52 Å². The van der Waals surface area contributed by atoms with Gasteiger partial charge in [0.25, 0.3) is 0 Å². The van der Waals surface area contributed by atoms with Crippen LogP contribution in [-0.4, -0.2) is 5.27 Å². The largest absolute Gasteiger partial charge is 0.435 e. The molecule has 0 amide bonds. The van der Waals surface area contributed by atoms with Gasteiger partial charge in [-0.05, 0) is 29.2 Å². The molecule has 17 heavy (non-hydrogen) atoms. The maximum atomic E-state index is 11.7. The van der Waals surface area contributed by atoms with Crippen LogP contribution < -0.4 is 10.3 Å². The molecular weight excluding hydrogens is 216 g/mol. The first-order valence-corrected chi connectivity index (χ1v) is 5.74. The lowest BCUT2D eigenvalue weighted by Gasteiger charge is -1.93. The van der Waals surface area contributed by atoms with Crippen LogP contribution in [0.4, 0.5) is 0 Å². The molecule has 86 valence electrons. The Bertz CT molecular complexity index is 608. The second kappa shape index (κ2) is 4.05. The second-order valence-electron chi connectivity index (χ2n) is 4.12. The van der Waals surface area contributed by atoms with E-state index in [0.717, 1.165) is 30.5 Å². The van der Waals surface area contributed by atoms with Crippen LogP contribution in [0.2, 0.25) is 0 Å². The van der Waals surface area contributed by atoms with E-state index in [1.54, 1.807) is 4.68 Å². The van der Waals surface area contributed by atoms with E-state index in [9.17, 15) is 4.79 Å². The highest BCUT2D eigenvalue weighted by atomic mass is 16.5. The molecule has 1 aromatic heterocycles. The molecule has 1 N–H and O–H groups in total. The number of benzene rings is 1. The van der Waals surface area contributed by atoms with E-state index in [4.69, 9.17) is 4.52 Å². The van der Waals surface area contributed by atoms with Gasteiger partial charge in [-0.2, -0.15) is 0 Å². The Labute approximate surface area is 98.1 Å². The van der Waals surface area contributed by atoms with Crippen molar-refractivity contribution in [2.75, 3.05) is 0 Å². The highest BCUT2D eigenvalue weighted by molar-refractivity contribution is 5.61. The lowest BCUT2D eigenvalue weighted by molar-refractivity contribution is -0.672. The standard InChI is InChI=1S/C13H12N2O2/c16-13-12(10-6-4-5-7-10)15(14-17-13)11-8-2-1-3-9-11/h1-3,6,8-9H,4-5,7H2/p+1. The van der Waals surface area contributed by atoms with Crippen molar-refractivity contribution in [3.63, 3.8) is 0 Å². The van der Waals surface area contributed by atoms with Crippen LogP contribution in [0.5, 0.6) is 0 Å². The number of hydrogen-bond acceptors (Lipinski definition) is 2. The number of hydrogen-bond donors (Lipinski definition) is 1. The van der Waals surface area contributed by atoms with Gasteiger partial charge in [-0.15, -0.1) is 0 Å². The summed E-state index contributed by atoms with van der Waals surface area (Å²) in [4.78, 5) is 11.7. The zero-order valence-electron chi connectivity index (χ0n) is 9.35. The average Bonchev–Trinajstić information content (AvgIpc) is 2.99. The van der Waals surface area contributed by atoms with Crippen molar-refractivity contribution >= 4 is 5.57 Å². The van der Waals surface area contributed by atoms with Crippen LogP contribution in [0, 0.1) is 0 Å². The van der Waals surface area contributed by atoms with Crippen LogP contribution in [0.15, 0.2) is 45.7 Å². The highest BCUT2D eigenvalue weighted by Crippen LogP contribution is 2.23. The minimum Gasteiger partial charge on any atom is -0.282 e. The van der Waals surface area contributed by atoms with Crippen molar-refractivity contribution in [3.05, 3.63) is 52.5 Å². The third kappa shape index (κ3) is 1.71. The van der Waals surface area contributed by atoms with Crippen molar-refractivity contribution in [1.82, 2.24) is 5.27 Å². The summed E-state index contributed by atoms with van der Waals surface area (Å²) < 4.78 is 6.61. The Morgan fingerprint density at radius 3 is 2.76 bits per heavy atom. The summed E-state index contributed by atoms with van der Waals surface area (Å²) in [7, 11) is 0. The smallest absolute Gasteiger partial charge is 0.282 e. The Morgan fingerprint density at radius 2 is 2.06 bits per heavy atom. The summed E-state index contributed by atoms with van der Waals surface area (Å²) in [5.41, 5.74) is 2.29. The number of rotatable bonds is 2. The van der Waals surface area contributed by atoms with Crippen LogP contribution in [0.25, 0.3) is 11.3 Å². The minimum atomic E-state index is -0.304. The summed E-state index contributed by atoms with van der Waals surface area (Å²) in [6.45, 7) is 0. The predicted molar refractivity (Wildman–Crippen MR) is 62.7 cm³/mol. The third-order valence-corrected chi connectivity index (χ3v) is 3.01. The summed E-state index contributed by atoms with van der Waals surface area (Å²) >= 11 is 0. The topological polar surface area (TPSA) is 49.9 Å². The summed E-state index contributed by atoms with van der Waals surface area (Å²) in [6, 6.07) is 9.67. The van der Waals surface area contributed by atoms with E-state index in [0.29, 0.717) is 5.69 Å². The van der Waals surface area contributed by atoms with Gasteiger partial charge in [-0.1, -0.05) is 24.3 Å². The maximum Gasteiger partial charge on any atom is 0.435 e. The lowest BCUT2D eigenvalue weighted by Crippen LogP contribution is -2.38. The molecule has 0 aliphatic heterocycles. The number of nitrogens with zero attached hydrogens (tertiary/aromatic N) is 1. The van der Waals surface area contributed by atoms with Crippen molar-refractivity contribution in [3.8, 4) is 5.69 Å². The average molecular weight is 229 g/mol.